The standard InChI is InChI=1S/C21H22N6O3S/c28-19(14-31-21-24-25-26-27(21)13-16-9-6-12-30-16)23-18-11-5-4-10-17(18)20(29)22-15-7-2-1-3-8-15/h1-5,7-8,10-11,16H,6,9,12-14H2,(H,22,29)(H,23,28). The molecule has 1 saturated heterocycles. The minimum atomic E-state index is -0.296. The summed E-state index contributed by atoms with van der Waals surface area (Å²) >= 11 is 1.24. The molecule has 9 nitrogen and oxygen atoms in total. The lowest BCUT2D eigenvalue weighted by atomic mass is 10.1. The molecule has 2 N–H and O–H groups in total. The van der Waals surface area contributed by atoms with E-state index in [1.165, 1.54) is 11.8 Å². The number of hydrogen-bond acceptors (Lipinski definition) is 7. The number of rotatable bonds is 8. The first-order valence-electron chi connectivity index (χ1n) is 9.95. The van der Waals surface area contributed by atoms with Crippen LogP contribution in [0.3, 0.4) is 0 Å². The van der Waals surface area contributed by atoms with Crippen molar-refractivity contribution in [3.05, 3.63) is 60.2 Å². The summed E-state index contributed by atoms with van der Waals surface area (Å²) in [5.74, 6) is -0.438. The first-order valence-corrected chi connectivity index (χ1v) is 10.9. The van der Waals surface area contributed by atoms with E-state index in [-0.39, 0.29) is 23.7 Å². The van der Waals surface area contributed by atoms with Crippen LogP contribution in [0, 0.1) is 0 Å². The maximum atomic E-state index is 12.7. The average Bonchev–Trinajstić information content (AvgIpc) is 3.46. The zero-order chi connectivity index (χ0) is 21.5. The van der Waals surface area contributed by atoms with Crippen LogP contribution in [0.4, 0.5) is 11.4 Å². The Morgan fingerprint density at radius 2 is 1.90 bits per heavy atom. The number of hydrogen-bond donors (Lipinski definition) is 2. The SMILES string of the molecule is O=C(CSc1nnnn1CC1CCCO1)Nc1ccccc1C(=O)Nc1ccccc1. The summed E-state index contributed by atoms with van der Waals surface area (Å²) < 4.78 is 7.28. The molecule has 2 amide bonds. The summed E-state index contributed by atoms with van der Waals surface area (Å²) in [7, 11) is 0. The van der Waals surface area contributed by atoms with Crippen LogP contribution < -0.4 is 10.6 Å². The van der Waals surface area contributed by atoms with Crippen LogP contribution in [0.5, 0.6) is 0 Å². The number of benzene rings is 2. The Labute approximate surface area is 183 Å². The molecule has 1 aromatic heterocycles. The van der Waals surface area contributed by atoms with Crippen molar-refractivity contribution in [2.75, 3.05) is 23.0 Å². The van der Waals surface area contributed by atoms with E-state index in [9.17, 15) is 9.59 Å². The van der Waals surface area contributed by atoms with Crippen LogP contribution >= 0.6 is 11.8 Å². The summed E-state index contributed by atoms with van der Waals surface area (Å²) in [5, 5.41) is 17.9. The van der Waals surface area contributed by atoms with Gasteiger partial charge in [-0.25, -0.2) is 4.68 Å². The Kier molecular flexibility index (Phi) is 6.90. The molecule has 31 heavy (non-hydrogen) atoms. The van der Waals surface area contributed by atoms with Gasteiger partial charge >= 0.3 is 0 Å². The van der Waals surface area contributed by atoms with Gasteiger partial charge in [-0.15, -0.1) is 5.10 Å². The van der Waals surface area contributed by atoms with Gasteiger partial charge in [0.25, 0.3) is 5.91 Å². The average molecular weight is 439 g/mol. The molecule has 3 aromatic rings. The highest BCUT2D eigenvalue weighted by atomic mass is 32.2. The number of nitrogens with one attached hydrogen (secondary N) is 2. The van der Waals surface area contributed by atoms with E-state index >= 15 is 0 Å². The van der Waals surface area contributed by atoms with Crippen molar-refractivity contribution in [1.29, 1.82) is 0 Å². The van der Waals surface area contributed by atoms with Gasteiger partial charge in [-0.1, -0.05) is 42.1 Å². The molecule has 4 rings (SSSR count). The third-order valence-electron chi connectivity index (χ3n) is 4.71. The number of aromatic nitrogens is 4. The molecule has 0 radical (unpaired) electrons. The minimum Gasteiger partial charge on any atom is -0.376 e. The van der Waals surface area contributed by atoms with Gasteiger partial charge in [0.1, 0.15) is 0 Å². The summed E-state index contributed by atoms with van der Waals surface area (Å²) in [6, 6.07) is 16.0. The second-order valence-corrected chi connectivity index (χ2v) is 7.92. The number of thioether (sulfide) groups is 1. The summed E-state index contributed by atoms with van der Waals surface area (Å²) in [6.07, 6.45) is 2.12. The van der Waals surface area contributed by atoms with E-state index in [2.05, 4.69) is 26.2 Å². The fraction of sp³-hybridized carbons (Fsp3) is 0.286. The molecule has 0 saturated carbocycles. The van der Waals surface area contributed by atoms with Crippen molar-refractivity contribution in [2.45, 2.75) is 30.6 Å². The number of anilines is 2. The number of carbonyl (C=O) groups excluding carboxylic acids is 2. The minimum absolute atomic E-state index is 0.103. The Hall–Kier alpha value is -3.24. The molecule has 1 fully saturated rings. The van der Waals surface area contributed by atoms with E-state index in [1.807, 2.05) is 18.2 Å². The van der Waals surface area contributed by atoms with Crippen LogP contribution in [0.15, 0.2) is 59.8 Å². The maximum absolute atomic E-state index is 12.7. The van der Waals surface area contributed by atoms with Gasteiger partial charge < -0.3 is 15.4 Å². The van der Waals surface area contributed by atoms with Gasteiger partial charge in [-0.2, -0.15) is 0 Å². The van der Waals surface area contributed by atoms with E-state index in [4.69, 9.17) is 4.74 Å². The monoisotopic (exact) mass is 438 g/mol. The second-order valence-electron chi connectivity index (χ2n) is 6.98. The molecule has 1 atom stereocenters. The van der Waals surface area contributed by atoms with Gasteiger partial charge in [0.2, 0.25) is 11.1 Å². The highest BCUT2D eigenvalue weighted by Gasteiger charge is 2.20. The zero-order valence-electron chi connectivity index (χ0n) is 16.7. The van der Waals surface area contributed by atoms with Crippen LogP contribution in [0.25, 0.3) is 0 Å². The third-order valence-corrected chi connectivity index (χ3v) is 5.67. The Morgan fingerprint density at radius 1 is 1.10 bits per heavy atom. The molecule has 2 heterocycles. The lowest BCUT2D eigenvalue weighted by Gasteiger charge is -2.12. The molecule has 1 aliphatic rings. The summed E-state index contributed by atoms with van der Waals surface area (Å²) in [5.41, 5.74) is 1.51. The normalized spacial score (nSPS) is 15.5. The van der Waals surface area contributed by atoms with E-state index in [0.717, 1.165) is 19.4 Å². The lowest BCUT2D eigenvalue weighted by molar-refractivity contribution is -0.113. The van der Waals surface area contributed by atoms with E-state index < -0.39 is 0 Å². The highest BCUT2D eigenvalue weighted by Crippen LogP contribution is 2.20. The molecule has 1 unspecified atom stereocenters. The van der Waals surface area contributed by atoms with Crippen molar-refractivity contribution >= 4 is 35.0 Å². The Balaban J connectivity index is 1.35. The number of nitrogens with zero attached hydrogens (tertiary/aromatic N) is 4. The van der Waals surface area contributed by atoms with Crippen LogP contribution in [0.2, 0.25) is 0 Å². The lowest BCUT2D eigenvalue weighted by Crippen LogP contribution is -2.20. The molecule has 2 aromatic carbocycles. The van der Waals surface area contributed by atoms with Gasteiger partial charge in [-0.3, -0.25) is 9.59 Å². The van der Waals surface area contributed by atoms with Crippen molar-refractivity contribution in [3.63, 3.8) is 0 Å². The van der Waals surface area contributed by atoms with Gasteiger partial charge in [0, 0.05) is 12.3 Å². The van der Waals surface area contributed by atoms with Crippen molar-refractivity contribution < 1.29 is 14.3 Å². The molecule has 0 bridgehead atoms. The fourth-order valence-electron chi connectivity index (χ4n) is 3.22. The molecule has 0 spiro atoms. The van der Waals surface area contributed by atoms with Gasteiger partial charge in [0.15, 0.2) is 0 Å². The van der Waals surface area contributed by atoms with Gasteiger partial charge in [0.05, 0.1) is 29.7 Å². The summed E-state index contributed by atoms with van der Waals surface area (Å²) in [4.78, 5) is 25.2. The van der Waals surface area contributed by atoms with Crippen LogP contribution in [0.1, 0.15) is 23.2 Å². The number of tetrazole rings is 1. The molecule has 1 aliphatic heterocycles. The number of para-hydroxylation sites is 2. The predicted molar refractivity (Wildman–Crippen MR) is 117 cm³/mol. The Morgan fingerprint density at radius 3 is 2.71 bits per heavy atom. The third kappa shape index (κ3) is 5.68. The van der Waals surface area contributed by atoms with E-state index in [0.29, 0.717) is 28.6 Å². The van der Waals surface area contributed by atoms with Crippen molar-refractivity contribution in [1.82, 2.24) is 20.2 Å². The molecule has 0 aliphatic carbocycles. The first kappa shape index (κ1) is 21.0. The molecule has 10 heteroatoms. The van der Waals surface area contributed by atoms with Crippen molar-refractivity contribution in [3.8, 4) is 0 Å². The van der Waals surface area contributed by atoms with E-state index in [1.54, 1.807) is 41.1 Å². The molecular weight excluding hydrogens is 416 g/mol. The number of amides is 2. The quantitative estimate of drug-likeness (QED) is 0.520. The van der Waals surface area contributed by atoms with Gasteiger partial charge in [-0.05, 0) is 47.5 Å². The zero-order valence-corrected chi connectivity index (χ0v) is 17.5. The molecular formula is C21H22N6O3S. The second kappa shape index (κ2) is 10.2. The fourth-order valence-corrected chi connectivity index (χ4v) is 3.91. The predicted octanol–water partition coefficient (Wildman–Crippen LogP) is 2.84. The number of ether oxygens (including phenoxy) is 1. The van der Waals surface area contributed by atoms with Crippen LogP contribution in [-0.2, 0) is 16.1 Å². The highest BCUT2D eigenvalue weighted by molar-refractivity contribution is 7.99. The number of carbonyl (C=O) groups is 2. The smallest absolute Gasteiger partial charge is 0.257 e. The topological polar surface area (TPSA) is 111 Å². The summed E-state index contributed by atoms with van der Waals surface area (Å²) in [6.45, 7) is 1.33. The van der Waals surface area contributed by atoms with Crippen LogP contribution in [-0.4, -0.2) is 50.5 Å². The Bertz CT molecular complexity index is 1040. The largest absolute Gasteiger partial charge is 0.376 e. The first-order chi connectivity index (χ1) is 15.2. The molecule has 160 valence electrons. The maximum Gasteiger partial charge on any atom is 0.257 e. The van der Waals surface area contributed by atoms with Crippen molar-refractivity contribution in [2.24, 2.45) is 0 Å².